The van der Waals surface area contributed by atoms with Gasteiger partial charge in [0.15, 0.2) is 0 Å². The van der Waals surface area contributed by atoms with Gasteiger partial charge in [-0.2, -0.15) is 0 Å². The number of amides is 1. The number of hydrogen-bond acceptors (Lipinski definition) is 5. The van der Waals surface area contributed by atoms with Gasteiger partial charge in [0.05, 0.1) is 30.4 Å². The number of nitrogens with zero attached hydrogens (tertiary/aromatic N) is 2. The fourth-order valence-electron chi connectivity index (χ4n) is 4.94. The monoisotopic (exact) mass is 459 g/mol. The molecule has 9 heteroatoms. The van der Waals surface area contributed by atoms with Crippen molar-refractivity contribution in [2.45, 2.75) is 50.6 Å². The summed E-state index contributed by atoms with van der Waals surface area (Å²) in [6.45, 7) is 1.62. The molecule has 1 aromatic heterocycles. The van der Waals surface area contributed by atoms with E-state index < -0.39 is 36.7 Å². The zero-order chi connectivity index (χ0) is 23.5. The highest BCUT2D eigenvalue weighted by Gasteiger charge is 2.35. The molecule has 2 heterocycles. The summed E-state index contributed by atoms with van der Waals surface area (Å²) in [5.74, 6) is -0.998. The number of rotatable bonds is 6. The molecule has 33 heavy (non-hydrogen) atoms. The summed E-state index contributed by atoms with van der Waals surface area (Å²) in [5, 5.41) is 5.47. The van der Waals surface area contributed by atoms with Crippen LogP contribution >= 0.6 is 0 Å². The number of carbonyl (C=O) groups is 1. The molecule has 176 valence electrons. The highest BCUT2D eigenvalue weighted by atomic mass is 19.3. The van der Waals surface area contributed by atoms with Crippen molar-refractivity contribution in [1.29, 1.82) is 0 Å². The smallest absolute Gasteiger partial charge is 0.255 e. The summed E-state index contributed by atoms with van der Waals surface area (Å²) in [6, 6.07) is 1.25. The molecule has 0 aromatic carbocycles. The third-order valence-electron chi connectivity index (χ3n) is 6.38. The van der Waals surface area contributed by atoms with Gasteiger partial charge in [0.25, 0.3) is 12.3 Å². The fraction of sp³-hybridized carbons (Fsp3) is 0.458. The molecule has 4 rings (SSSR count). The van der Waals surface area contributed by atoms with E-state index in [9.17, 15) is 18.0 Å². The van der Waals surface area contributed by atoms with Gasteiger partial charge in [0.1, 0.15) is 5.83 Å². The summed E-state index contributed by atoms with van der Waals surface area (Å²) in [4.78, 5) is 21.7. The number of carbonyl (C=O) groups excluding carboxylic acids is 1. The number of anilines is 1. The first-order valence-electron chi connectivity index (χ1n) is 11.2. The molecular weight excluding hydrogens is 431 g/mol. The average molecular weight is 460 g/mol. The van der Waals surface area contributed by atoms with Crippen LogP contribution in [0.3, 0.4) is 0 Å². The molecule has 0 bridgehead atoms. The molecule has 0 saturated heterocycles. The first kappa shape index (κ1) is 23.2. The molecule has 1 aliphatic heterocycles. The van der Waals surface area contributed by atoms with Crippen LogP contribution in [0.5, 0.6) is 0 Å². The Balaban J connectivity index is 1.52. The minimum absolute atomic E-state index is 0.113. The lowest BCUT2D eigenvalue weighted by molar-refractivity contribution is -0.113. The Kier molecular flexibility index (Phi) is 6.97. The lowest BCUT2D eigenvalue weighted by Crippen LogP contribution is -2.35. The van der Waals surface area contributed by atoms with Crippen LogP contribution in [-0.2, 0) is 4.79 Å². The number of allylic oxidation sites excluding steroid dienone is 3. The minimum Gasteiger partial charge on any atom is -0.378 e. The molecular formula is C24H28F3N5O. The van der Waals surface area contributed by atoms with Gasteiger partial charge in [-0.05, 0) is 61.0 Å². The minimum atomic E-state index is -2.54. The predicted molar refractivity (Wildman–Crippen MR) is 122 cm³/mol. The number of halogens is 3. The number of alkyl halides is 2. The van der Waals surface area contributed by atoms with Crippen LogP contribution < -0.4 is 16.4 Å². The SMILES string of the molecule is C[C@@H]1C[C@H](N)C[C@H](c2ccncc2NC(=O)C2=CC=C(F)C3C=C(NCC(F)F)C=NC23)C1. The summed E-state index contributed by atoms with van der Waals surface area (Å²) in [6.07, 6.45) is 9.08. The van der Waals surface area contributed by atoms with E-state index >= 15 is 0 Å². The van der Waals surface area contributed by atoms with Crippen LogP contribution in [0.2, 0.25) is 0 Å². The quantitative estimate of drug-likeness (QED) is 0.603. The van der Waals surface area contributed by atoms with Crippen LogP contribution in [-0.4, -0.2) is 42.2 Å². The Labute approximate surface area is 190 Å². The number of nitrogens with one attached hydrogen (secondary N) is 2. The summed E-state index contributed by atoms with van der Waals surface area (Å²) < 4.78 is 39.5. The summed E-state index contributed by atoms with van der Waals surface area (Å²) in [5.41, 5.74) is 8.43. The molecule has 1 amide bonds. The van der Waals surface area contributed by atoms with E-state index in [1.54, 1.807) is 12.4 Å². The van der Waals surface area contributed by atoms with E-state index in [0.717, 1.165) is 24.8 Å². The second kappa shape index (κ2) is 9.91. The van der Waals surface area contributed by atoms with E-state index in [4.69, 9.17) is 5.73 Å². The van der Waals surface area contributed by atoms with E-state index in [1.807, 2.05) is 6.07 Å². The number of dihydropyridines is 1. The largest absolute Gasteiger partial charge is 0.378 e. The molecule has 2 unspecified atom stereocenters. The van der Waals surface area contributed by atoms with Crippen molar-refractivity contribution in [2.24, 2.45) is 22.6 Å². The number of nitrogens with two attached hydrogens (primary N) is 1. The van der Waals surface area contributed by atoms with Gasteiger partial charge in [0, 0.05) is 29.7 Å². The maximum Gasteiger partial charge on any atom is 0.255 e. The van der Waals surface area contributed by atoms with Crippen LogP contribution in [0.1, 0.15) is 37.7 Å². The van der Waals surface area contributed by atoms with Gasteiger partial charge in [0.2, 0.25) is 0 Å². The molecule has 5 atom stereocenters. The van der Waals surface area contributed by atoms with E-state index in [-0.39, 0.29) is 12.0 Å². The van der Waals surface area contributed by atoms with Crippen LogP contribution in [0, 0.1) is 11.8 Å². The normalized spacial score (nSPS) is 29.0. The molecule has 1 saturated carbocycles. The highest BCUT2D eigenvalue weighted by Crippen LogP contribution is 2.39. The van der Waals surface area contributed by atoms with Gasteiger partial charge >= 0.3 is 0 Å². The van der Waals surface area contributed by atoms with Crippen LogP contribution in [0.25, 0.3) is 0 Å². The molecule has 0 spiro atoms. The van der Waals surface area contributed by atoms with E-state index in [2.05, 4.69) is 27.5 Å². The van der Waals surface area contributed by atoms with Gasteiger partial charge in [-0.15, -0.1) is 0 Å². The fourth-order valence-corrected chi connectivity index (χ4v) is 4.94. The van der Waals surface area contributed by atoms with Crippen molar-refractivity contribution in [1.82, 2.24) is 10.3 Å². The third-order valence-corrected chi connectivity index (χ3v) is 6.38. The Morgan fingerprint density at radius 2 is 2.09 bits per heavy atom. The number of aliphatic imine (C=N–C) groups is 1. The lowest BCUT2D eigenvalue weighted by Gasteiger charge is -2.33. The molecule has 1 fully saturated rings. The highest BCUT2D eigenvalue weighted by molar-refractivity contribution is 6.06. The second-order valence-electron chi connectivity index (χ2n) is 9.00. The van der Waals surface area contributed by atoms with Crippen molar-refractivity contribution in [3.05, 3.63) is 59.3 Å². The predicted octanol–water partition coefficient (Wildman–Crippen LogP) is 3.85. The van der Waals surface area contributed by atoms with Crippen molar-refractivity contribution in [3.63, 3.8) is 0 Å². The van der Waals surface area contributed by atoms with E-state index in [0.29, 0.717) is 22.9 Å². The van der Waals surface area contributed by atoms with Gasteiger partial charge in [-0.3, -0.25) is 14.8 Å². The van der Waals surface area contributed by atoms with Crippen molar-refractivity contribution in [3.8, 4) is 0 Å². The second-order valence-corrected chi connectivity index (χ2v) is 9.00. The topological polar surface area (TPSA) is 92.4 Å². The van der Waals surface area contributed by atoms with Crippen molar-refractivity contribution in [2.75, 3.05) is 11.9 Å². The van der Waals surface area contributed by atoms with Crippen molar-refractivity contribution < 1.29 is 18.0 Å². The van der Waals surface area contributed by atoms with Crippen LogP contribution in [0.4, 0.5) is 18.9 Å². The van der Waals surface area contributed by atoms with Gasteiger partial charge in [-0.25, -0.2) is 13.2 Å². The third kappa shape index (κ3) is 5.35. The maximum atomic E-state index is 14.5. The Hall–Kier alpha value is -2.94. The molecule has 4 N–H and O–H groups in total. The molecule has 2 aliphatic carbocycles. The first-order valence-corrected chi connectivity index (χ1v) is 11.2. The number of aromatic nitrogens is 1. The summed E-state index contributed by atoms with van der Waals surface area (Å²) >= 11 is 0. The molecule has 3 aliphatic rings. The summed E-state index contributed by atoms with van der Waals surface area (Å²) in [7, 11) is 0. The lowest BCUT2D eigenvalue weighted by atomic mass is 9.76. The van der Waals surface area contributed by atoms with Gasteiger partial charge in [-0.1, -0.05) is 6.92 Å². The van der Waals surface area contributed by atoms with Crippen molar-refractivity contribution >= 4 is 17.8 Å². The standard InChI is InChI=1S/C24H28F3N5O/c1-13-6-14(8-15(28)7-13)17-4-5-29-11-21(17)32-24(33)18-2-3-20(25)19-9-16(10-31-23(18)19)30-12-22(26)27/h2-5,9-11,13-15,19,22-23,30H,6-8,12,28H2,1H3,(H,32,33)/t13-,14+,15-,19?,23?/m0/s1. The Morgan fingerprint density at radius 3 is 2.85 bits per heavy atom. The number of hydrogen-bond donors (Lipinski definition) is 3. The number of pyridine rings is 1. The molecule has 1 aromatic rings. The maximum absolute atomic E-state index is 14.5. The van der Waals surface area contributed by atoms with Crippen LogP contribution in [0.15, 0.2) is 58.8 Å². The average Bonchev–Trinajstić information content (AvgIpc) is 2.77. The Morgan fingerprint density at radius 1 is 1.27 bits per heavy atom. The zero-order valence-electron chi connectivity index (χ0n) is 18.3. The number of fused-ring (bicyclic) bond motifs is 1. The van der Waals surface area contributed by atoms with Gasteiger partial charge < -0.3 is 16.4 Å². The molecule has 0 radical (unpaired) electrons. The first-order chi connectivity index (χ1) is 15.8. The molecule has 6 nitrogen and oxygen atoms in total. The zero-order valence-corrected chi connectivity index (χ0v) is 18.3. The Bertz CT molecular complexity index is 1010. The van der Waals surface area contributed by atoms with E-state index in [1.165, 1.54) is 24.4 Å².